The maximum Gasteiger partial charge on any atom is 0.325 e. The normalized spacial score (nSPS) is 16.2. The molecule has 31 heavy (non-hydrogen) atoms. The Morgan fingerprint density at radius 3 is 2.42 bits per heavy atom. The highest BCUT2D eigenvalue weighted by molar-refractivity contribution is 5.92. The number of likely N-dealkylation sites (tertiary alicyclic amines) is 1. The van der Waals surface area contributed by atoms with Gasteiger partial charge in [-0.15, -0.1) is 0 Å². The van der Waals surface area contributed by atoms with Crippen LogP contribution < -0.4 is 27.0 Å². The molecule has 8 N–H and O–H groups in total. The van der Waals surface area contributed by atoms with Gasteiger partial charge >= 0.3 is 5.97 Å². The number of carboxylic acid groups (broad SMARTS) is 1. The summed E-state index contributed by atoms with van der Waals surface area (Å²) in [6, 6.07) is -1.73. The Balaban J connectivity index is 2.33. The van der Waals surface area contributed by atoms with Gasteiger partial charge in [-0.1, -0.05) is 0 Å². The lowest BCUT2D eigenvalue weighted by Gasteiger charge is -2.24. The first-order valence-corrected chi connectivity index (χ1v) is 10.1. The van der Waals surface area contributed by atoms with Gasteiger partial charge in [-0.05, 0) is 32.6 Å². The van der Waals surface area contributed by atoms with Gasteiger partial charge in [0.25, 0.3) is 0 Å². The first kappa shape index (κ1) is 25.7. The highest BCUT2D eigenvalue weighted by atomic mass is 16.4. The molecule has 13 heteroatoms. The third-order valence-corrected chi connectivity index (χ3v) is 4.63. The molecule has 174 valence electrons. The number of carbonyl (C=O) groups excluding carboxylic acids is 4. The lowest BCUT2D eigenvalue weighted by molar-refractivity contribution is -0.141. The van der Waals surface area contributed by atoms with Crippen molar-refractivity contribution in [2.75, 3.05) is 26.2 Å². The minimum Gasteiger partial charge on any atom is -0.480 e. The average Bonchev–Trinajstić information content (AvgIpc) is 3.19. The van der Waals surface area contributed by atoms with E-state index in [2.05, 4.69) is 21.3 Å². The van der Waals surface area contributed by atoms with Crippen LogP contribution in [0.25, 0.3) is 0 Å². The molecule has 0 aliphatic carbocycles. The van der Waals surface area contributed by atoms with Crippen molar-refractivity contribution >= 4 is 35.6 Å². The van der Waals surface area contributed by atoms with E-state index in [4.69, 9.17) is 16.2 Å². The number of aliphatic carboxylic acids is 1. The van der Waals surface area contributed by atoms with Crippen LogP contribution in [0.3, 0.4) is 0 Å². The minimum atomic E-state index is -1.20. The molecule has 1 saturated heterocycles. The Morgan fingerprint density at radius 2 is 1.77 bits per heavy atom. The number of carbonyl (C=O) groups is 5. The molecule has 1 fully saturated rings. The Labute approximate surface area is 180 Å². The van der Waals surface area contributed by atoms with Crippen LogP contribution in [0.4, 0.5) is 0 Å². The van der Waals surface area contributed by atoms with Crippen LogP contribution in [-0.4, -0.2) is 83.8 Å². The maximum absolute atomic E-state index is 12.4. The predicted octanol–water partition coefficient (Wildman–Crippen LogP) is -2.55. The van der Waals surface area contributed by atoms with Crippen molar-refractivity contribution in [1.29, 1.82) is 5.41 Å². The molecule has 0 aromatic carbocycles. The van der Waals surface area contributed by atoms with E-state index in [0.29, 0.717) is 38.8 Å². The first-order valence-electron chi connectivity index (χ1n) is 10.1. The number of hydrogen-bond donors (Lipinski definition) is 7. The smallest absolute Gasteiger partial charge is 0.325 e. The molecular weight excluding hydrogens is 410 g/mol. The number of nitrogens with zero attached hydrogens (tertiary/aromatic N) is 1. The summed E-state index contributed by atoms with van der Waals surface area (Å²) in [6.45, 7) is 1.47. The highest BCUT2D eigenvalue weighted by Crippen LogP contribution is 2.19. The van der Waals surface area contributed by atoms with E-state index in [1.807, 2.05) is 0 Å². The molecule has 1 heterocycles. The Morgan fingerprint density at radius 1 is 1.10 bits per heavy atom. The van der Waals surface area contributed by atoms with Crippen molar-refractivity contribution in [2.45, 2.75) is 51.1 Å². The van der Waals surface area contributed by atoms with Gasteiger partial charge in [0.1, 0.15) is 12.1 Å². The number of unbranched alkanes of at least 4 members (excludes halogenated alkanes) is 1. The third-order valence-electron chi connectivity index (χ3n) is 4.63. The number of rotatable bonds is 12. The van der Waals surface area contributed by atoms with Gasteiger partial charge in [-0.3, -0.25) is 29.4 Å². The van der Waals surface area contributed by atoms with Crippen LogP contribution >= 0.6 is 0 Å². The molecule has 1 aliphatic heterocycles. The van der Waals surface area contributed by atoms with Gasteiger partial charge in [0.15, 0.2) is 5.96 Å². The van der Waals surface area contributed by atoms with E-state index in [1.54, 1.807) is 0 Å². The van der Waals surface area contributed by atoms with Crippen molar-refractivity contribution in [2.24, 2.45) is 5.73 Å². The molecule has 0 aromatic rings. The number of nitrogens with two attached hydrogens (primary N) is 1. The SMILES string of the molecule is C[C@H](NC(=O)CNC(=O)CNC(=O)[C@H]1CCCN1C(=O)CCCCNC(=N)N)C(=O)O. The van der Waals surface area contributed by atoms with Crippen molar-refractivity contribution < 1.29 is 29.1 Å². The summed E-state index contributed by atoms with van der Waals surface area (Å²) in [5.41, 5.74) is 5.18. The summed E-state index contributed by atoms with van der Waals surface area (Å²) < 4.78 is 0. The molecule has 0 spiro atoms. The monoisotopic (exact) mass is 441 g/mol. The zero-order valence-corrected chi connectivity index (χ0v) is 17.5. The van der Waals surface area contributed by atoms with Crippen molar-refractivity contribution in [3.8, 4) is 0 Å². The van der Waals surface area contributed by atoms with Gasteiger partial charge in [0.05, 0.1) is 13.1 Å². The molecular formula is C18H31N7O6. The van der Waals surface area contributed by atoms with Gasteiger partial charge in [0, 0.05) is 19.5 Å². The van der Waals surface area contributed by atoms with Crippen LogP contribution in [0.5, 0.6) is 0 Å². The van der Waals surface area contributed by atoms with Crippen LogP contribution in [0, 0.1) is 5.41 Å². The van der Waals surface area contributed by atoms with Crippen LogP contribution in [-0.2, 0) is 24.0 Å². The minimum absolute atomic E-state index is 0.123. The lowest BCUT2D eigenvalue weighted by atomic mass is 10.1. The predicted molar refractivity (Wildman–Crippen MR) is 110 cm³/mol. The Hall–Kier alpha value is -3.38. The molecule has 0 saturated carbocycles. The van der Waals surface area contributed by atoms with E-state index < -0.39 is 42.3 Å². The summed E-state index contributed by atoms with van der Waals surface area (Å²) in [5, 5.41) is 25.4. The summed E-state index contributed by atoms with van der Waals surface area (Å²) >= 11 is 0. The van der Waals surface area contributed by atoms with Gasteiger partial charge in [-0.25, -0.2) is 0 Å². The standard InChI is InChI=1S/C18H31N7O6/c1-11(17(30)31)24-14(27)10-22-13(26)9-23-16(29)12-5-4-8-25(12)15(28)6-2-3-7-21-18(19)20/h11-12H,2-10H2,1H3,(H,22,26)(H,23,29)(H,24,27)(H,30,31)(H4,19,20,21)/t11-,12+/m0/s1. The largest absolute Gasteiger partial charge is 0.480 e. The van der Waals surface area contributed by atoms with Crippen molar-refractivity contribution in [1.82, 2.24) is 26.2 Å². The third kappa shape index (κ3) is 9.78. The van der Waals surface area contributed by atoms with E-state index in [1.165, 1.54) is 11.8 Å². The molecule has 0 aromatic heterocycles. The van der Waals surface area contributed by atoms with E-state index in [9.17, 15) is 24.0 Å². The highest BCUT2D eigenvalue weighted by Gasteiger charge is 2.33. The zero-order valence-electron chi connectivity index (χ0n) is 17.5. The van der Waals surface area contributed by atoms with Crippen molar-refractivity contribution in [3.05, 3.63) is 0 Å². The molecule has 1 rings (SSSR count). The average molecular weight is 441 g/mol. The number of amides is 4. The fourth-order valence-corrected chi connectivity index (χ4v) is 2.99. The summed E-state index contributed by atoms with van der Waals surface area (Å²) in [6.07, 6.45) is 2.71. The molecule has 13 nitrogen and oxygen atoms in total. The maximum atomic E-state index is 12.4. The lowest BCUT2D eigenvalue weighted by Crippen LogP contribution is -2.49. The molecule has 1 aliphatic rings. The number of carboxylic acids is 1. The molecule has 0 radical (unpaired) electrons. The second kappa shape index (κ2) is 13.0. The van der Waals surface area contributed by atoms with Crippen molar-refractivity contribution in [3.63, 3.8) is 0 Å². The number of hydrogen-bond acceptors (Lipinski definition) is 6. The number of nitrogens with one attached hydrogen (secondary N) is 5. The van der Waals surface area contributed by atoms with E-state index >= 15 is 0 Å². The Kier molecular flexibility index (Phi) is 10.8. The first-order chi connectivity index (χ1) is 14.6. The second-order valence-corrected chi connectivity index (χ2v) is 7.16. The van der Waals surface area contributed by atoms with E-state index in [-0.39, 0.29) is 24.8 Å². The van der Waals surface area contributed by atoms with Gasteiger partial charge < -0.3 is 37.0 Å². The molecule has 2 atom stereocenters. The summed E-state index contributed by atoms with van der Waals surface area (Å²) in [5.74, 6) is -3.18. The van der Waals surface area contributed by atoms with Gasteiger partial charge in [0.2, 0.25) is 23.6 Å². The topological polar surface area (TPSA) is 207 Å². The second-order valence-electron chi connectivity index (χ2n) is 7.16. The molecule has 0 bridgehead atoms. The Bertz CT molecular complexity index is 699. The summed E-state index contributed by atoms with van der Waals surface area (Å²) in [7, 11) is 0. The van der Waals surface area contributed by atoms with Crippen LogP contribution in [0.1, 0.15) is 39.0 Å². The molecule has 4 amide bonds. The summed E-state index contributed by atoms with van der Waals surface area (Å²) in [4.78, 5) is 60.3. The fourth-order valence-electron chi connectivity index (χ4n) is 2.99. The molecule has 0 unspecified atom stereocenters. The van der Waals surface area contributed by atoms with E-state index in [0.717, 1.165) is 0 Å². The fraction of sp³-hybridized carbons (Fsp3) is 0.667. The number of guanidine groups is 1. The zero-order chi connectivity index (χ0) is 23.4. The van der Waals surface area contributed by atoms with Gasteiger partial charge in [-0.2, -0.15) is 0 Å². The quantitative estimate of drug-likeness (QED) is 0.0972. The van der Waals surface area contributed by atoms with Crippen LogP contribution in [0.15, 0.2) is 0 Å². The van der Waals surface area contributed by atoms with Crippen LogP contribution in [0.2, 0.25) is 0 Å².